The van der Waals surface area contributed by atoms with Gasteiger partial charge in [-0.25, -0.2) is 0 Å². The van der Waals surface area contributed by atoms with Crippen LogP contribution >= 0.6 is 0 Å². The van der Waals surface area contributed by atoms with Crippen molar-refractivity contribution in [2.75, 3.05) is 12.3 Å². The molecule has 1 aromatic rings. The van der Waals surface area contributed by atoms with Crippen LogP contribution in [0.3, 0.4) is 0 Å². The van der Waals surface area contributed by atoms with Crippen LogP contribution in [-0.2, 0) is 6.54 Å². The van der Waals surface area contributed by atoms with Crippen LogP contribution in [0.25, 0.3) is 0 Å². The number of nitrogens with two attached hydrogens (primary N) is 1. The van der Waals surface area contributed by atoms with Crippen LogP contribution < -0.4 is 11.1 Å². The fourth-order valence-electron chi connectivity index (χ4n) is 1.02. The van der Waals surface area contributed by atoms with Crippen LogP contribution in [-0.4, -0.2) is 22.2 Å². The molecule has 0 bridgehead atoms. The number of carbonyl (C=O) groups excluding carboxylic acids is 1. The van der Waals surface area contributed by atoms with E-state index < -0.39 is 0 Å². The zero-order chi connectivity index (χ0) is 9.84. The molecule has 0 aliphatic carbocycles. The average Bonchev–Trinajstić information content (AvgIpc) is 2.47. The zero-order valence-electron chi connectivity index (χ0n) is 7.87. The molecule has 0 radical (unpaired) electrons. The summed E-state index contributed by atoms with van der Waals surface area (Å²) in [4.78, 5) is 11.3. The number of hydrogen-bond donors (Lipinski definition) is 2. The van der Waals surface area contributed by atoms with Crippen LogP contribution in [0.1, 0.15) is 24.3 Å². The Labute approximate surface area is 76.9 Å². The van der Waals surface area contributed by atoms with Gasteiger partial charge in [0.1, 0.15) is 0 Å². The van der Waals surface area contributed by atoms with Gasteiger partial charge in [0, 0.05) is 19.3 Å². The van der Waals surface area contributed by atoms with Gasteiger partial charge in [0.2, 0.25) is 0 Å². The first-order valence-corrected chi connectivity index (χ1v) is 4.30. The van der Waals surface area contributed by atoms with Gasteiger partial charge >= 0.3 is 0 Å². The van der Waals surface area contributed by atoms with E-state index in [1.165, 1.54) is 0 Å². The first-order chi connectivity index (χ1) is 6.19. The predicted molar refractivity (Wildman–Crippen MR) is 50.3 cm³/mol. The molecule has 1 amide bonds. The van der Waals surface area contributed by atoms with E-state index in [2.05, 4.69) is 10.4 Å². The summed E-state index contributed by atoms with van der Waals surface area (Å²) >= 11 is 0. The number of anilines is 1. The van der Waals surface area contributed by atoms with Crippen molar-refractivity contribution in [3.8, 4) is 0 Å². The van der Waals surface area contributed by atoms with Crippen LogP contribution in [0.2, 0.25) is 0 Å². The average molecular weight is 182 g/mol. The molecule has 0 spiro atoms. The Morgan fingerprint density at radius 1 is 1.69 bits per heavy atom. The highest BCUT2D eigenvalue weighted by Gasteiger charge is 2.12. The number of aryl methyl sites for hydroxylation is 1. The number of amides is 1. The number of nitrogens with zero attached hydrogens (tertiary/aromatic N) is 2. The number of nitrogen functional groups attached to an aromatic ring is 1. The van der Waals surface area contributed by atoms with E-state index in [0.29, 0.717) is 24.5 Å². The summed E-state index contributed by atoms with van der Waals surface area (Å²) in [6.45, 7) is 5.08. The molecular weight excluding hydrogens is 168 g/mol. The highest BCUT2D eigenvalue weighted by atomic mass is 16.1. The van der Waals surface area contributed by atoms with Gasteiger partial charge in [-0.2, -0.15) is 5.10 Å². The van der Waals surface area contributed by atoms with Crippen LogP contribution in [0.15, 0.2) is 6.20 Å². The lowest BCUT2D eigenvalue weighted by Crippen LogP contribution is -2.24. The molecule has 0 aliphatic rings. The molecule has 0 atom stereocenters. The molecule has 0 saturated carbocycles. The lowest BCUT2D eigenvalue weighted by atomic mass is 10.3. The smallest absolute Gasteiger partial charge is 0.273 e. The van der Waals surface area contributed by atoms with Gasteiger partial charge in [0.05, 0.1) is 5.69 Å². The second-order valence-electron chi connectivity index (χ2n) is 2.65. The summed E-state index contributed by atoms with van der Waals surface area (Å²) in [6, 6.07) is 0. The molecule has 1 rings (SSSR count). The molecule has 0 aliphatic heterocycles. The lowest BCUT2D eigenvalue weighted by molar-refractivity contribution is 0.0951. The van der Waals surface area contributed by atoms with Gasteiger partial charge < -0.3 is 11.1 Å². The van der Waals surface area contributed by atoms with E-state index in [9.17, 15) is 4.79 Å². The molecule has 0 aromatic carbocycles. The van der Waals surface area contributed by atoms with E-state index in [1.807, 2.05) is 13.8 Å². The second-order valence-corrected chi connectivity index (χ2v) is 2.65. The minimum atomic E-state index is -0.216. The highest BCUT2D eigenvalue weighted by Crippen LogP contribution is 2.08. The van der Waals surface area contributed by atoms with Crippen molar-refractivity contribution in [2.24, 2.45) is 0 Å². The maximum atomic E-state index is 11.3. The first kappa shape index (κ1) is 9.57. The maximum absolute atomic E-state index is 11.3. The van der Waals surface area contributed by atoms with Crippen molar-refractivity contribution in [1.29, 1.82) is 0 Å². The monoisotopic (exact) mass is 182 g/mol. The Morgan fingerprint density at radius 2 is 2.38 bits per heavy atom. The summed E-state index contributed by atoms with van der Waals surface area (Å²) in [6.07, 6.45) is 1.66. The quantitative estimate of drug-likeness (QED) is 0.703. The first-order valence-electron chi connectivity index (χ1n) is 4.30. The third-order valence-electron chi connectivity index (χ3n) is 1.67. The van der Waals surface area contributed by atoms with E-state index in [-0.39, 0.29) is 5.91 Å². The molecule has 3 N–H and O–H groups in total. The van der Waals surface area contributed by atoms with Crippen molar-refractivity contribution in [2.45, 2.75) is 20.4 Å². The highest BCUT2D eigenvalue weighted by molar-refractivity contribution is 5.96. The number of nitrogens with one attached hydrogen (secondary N) is 1. The van der Waals surface area contributed by atoms with Crippen molar-refractivity contribution >= 4 is 11.6 Å². The van der Waals surface area contributed by atoms with E-state index in [0.717, 1.165) is 0 Å². The van der Waals surface area contributed by atoms with Gasteiger partial charge in [-0.15, -0.1) is 0 Å². The van der Waals surface area contributed by atoms with E-state index in [4.69, 9.17) is 5.73 Å². The molecule has 0 saturated heterocycles. The van der Waals surface area contributed by atoms with Gasteiger partial charge in [-0.05, 0) is 13.8 Å². The van der Waals surface area contributed by atoms with Gasteiger partial charge in [0.25, 0.3) is 5.91 Å². The van der Waals surface area contributed by atoms with Crippen molar-refractivity contribution < 1.29 is 4.79 Å². The molecular formula is C8H14N4O. The normalized spacial score (nSPS) is 10.0. The summed E-state index contributed by atoms with van der Waals surface area (Å²) < 4.78 is 1.64. The third-order valence-corrected chi connectivity index (χ3v) is 1.67. The topological polar surface area (TPSA) is 72.9 Å². The number of aromatic nitrogens is 2. The van der Waals surface area contributed by atoms with E-state index in [1.54, 1.807) is 10.9 Å². The number of hydrogen-bond acceptors (Lipinski definition) is 3. The zero-order valence-corrected chi connectivity index (χ0v) is 7.87. The summed E-state index contributed by atoms with van der Waals surface area (Å²) in [5.74, 6) is -0.216. The Kier molecular flexibility index (Phi) is 2.89. The van der Waals surface area contributed by atoms with Crippen LogP contribution in [0.4, 0.5) is 5.69 Å². The van der Waals surface area contributed by atoms with Gasteiger partial charge in [-0.1, -0.05) is 0 Å². The Balaban J connectivity index is 2.87. The number of rotatable bonds is 3. The van der Waals surface area contributed by atoms with Crippen LogP contribution in [0.5, 0.6) is 0 Å². The molecule has 72 valence electrons. The Hall–Kier alpha value is -1.52. The fraction of sp³-hybridized carbons (Fsp3) is 0.500. The van der Waals surface area contributed by atoms with Crippen LogP contribution in [0, 0.1) is 0 Å². The minimum Gasteiger partial charge on any atom is -0.396 e. The molecule has 0 unspecified atom stereocenters. The van der Waals surface area contributed by atoms with Crippen molar-refractivity contribution in [1.82, 2.24) is 15.1 Å². The van der Waals surface area contributed by atoms with E-state index >= 15 is 0 Å². The molecule has 1 aromatic heterocycles. The third kappa shape index (κ3) is 1.99. The molecule has 5 heteroatoms. The number of carbonyl (C=O) groups is 1. The second kappa shape index (κ2) is 3.93. The molecule has 1 heterocycles. The van der Waals surface area contributed by atoms with Crippen molar-refractivity contribution in [3.63, 3.8) is 0 Å². The Bertz CT molecular complexity index is 305. The summed E-state index contributed by atoms with van der Waals surface area (Å²) in [7, 11) is 0. The lowest BCUT2D eigenvalue weighted by Gasteiger charge is -1.98. The fourth-order valence-corrected chi connectivity index (χ4v) is 1.02. The largest absolute Gasteiger partial charge is 0.396 e. The molecule has 0 fully saturated rings. The Morgan fingerprint density at radius 3 is 2.85 bits per heavy atom. The molecule has 5 nitrogen and oxygen atoms in total. The van der Waals surface area contributed by atoms with Gasteiger partial charge in [-0.3, -0.25) is 9.48 Å². The predicted octanol–water partition coefficient (Wildman–Crippen LogP) is 0.235. The summed E-state index contributed by atoms with van der Waals surface area (Å²) in [5, 5.41) is 6.67. The van der Waals surface area contributed by atoms with Gasteiger partial charge in [0.15, 0.2) is 5.69 Å². The maximum Gasteiger partial charge on any atom is 0.273 e. The van der Waals surface area contributed by atoms with Crippen molar-refractivity contribution in [3.05, 3.63) is 11.9 Å². The summed E-state index contributed by atoms with van der Waals surface area (Å²) in [5.41, 5.74) is 6.34. The standard InChI is InChI=1S/C8H14N4O/c1-3-10-8(13)7-6(9)5-12(4-2)11-7/h5H,3-4,9H2,1-2H3,(H,10,13). The SMILES string of the molecule is CCNC(=O)c1nn(CC)cc1N. The minimum absolute atomic E-state index is 0.216. The molecule has 13 heavy (non-hydrogen) atoms.